The lowest BCUT2D eigenvalue weighted by Gasteiger charge is -2.28. The minimum atomic E-state index is -1.17. The van der Waals surface area contributed by atoms with Gasteiger partial charge in [-0.1, -0.05) is 32.4 Å². The highest BCUT2D eigenvalue weighted by molar-refractivity contribution is 7.98. The van der Waals surface area contributed by atoms with Gasteiger partial charge in [0.1, 0.15) is 23.9 Å². The van der Waals surface area contributed by atoms with Gasteiger partial charge in [-0.15, -0.1) is 0 Å². The summed E-state index contributed by atoms with van der Waals surface area (Å²) in [6.07, 6.45) is 5.78. The van der Waals surface area contributed by atoms with Gasteiger partial charge in [-0.05, 0) is 48.5 Å². The lowest BCUT2D eigenvalue weighted by Crippen LogP contribution is -2.59. The van der Waals surface area contributed by atoms with Crippen molar-refractivity contribution in [1.82, 2.24) is 25.9 Å². The number of rotatable bonds is 16. The Morgan fingerprint density at radius 1 is 1.03 bits per heavy atom. The summed E-state index contributed by atoms with van der Waals surface area (Å²) in [5, 5.41) is 26.9. The highest BCUT2D eigenvalue weighted by Crippen LogP contribution is 2.13. The Bertz CT molecular complexity index is 1080. The number of phenolic OH excluding ortho intramolecular Hbond substituents is 1. The SMILES string of the molecule is CCC(C)C(NC(=O)C(N)Cc1ccc(O)cc1)C(=O)NC(Cc1cnc[nH]1)C(=O)NC(CCSC)C(=O)O. The third-order valence-electron chi connectivity index (χ3n) is 6.36. The monoisotopic (exact) mass is 562 g/mol. The summed E-state index contributed by atoms with van der Waals surface area (Å²) in [5.41, 5.74) is 7.40. The maximum Gasteiger partial charge on any atom is 0.326 e. The van der Waals surface area contributed by atoms with Crippen molar-refractivity contribution >= 4 is 35.5 Å². The first-order valence-corrected chi connectivity index (χ1v) is 14.1. The molecule has 5 unspecified atom stereocenters. The highest BCUT2D eigenvalue weighted by Gasteiger charge is 2.32. The molecule has 0 aliphatic carbocycles. The molecule has 1 aromatic heterocycles. The van der Waals surface area contributed by atoms with Gasteiger partial charge >= 0.3 is 5.97 Å². The van der Waals surface area contributed by atoms with Crippen LogP contribution in [0.3, 0.4) is 0 Å². The molecule has 12 nitrogen and oxygen atoms in total. The van der Waals surface area contributed by atoms with Crippen LogP contribution in [0.5, 0.6) is 5.75 Å². The number of benzene rings is 1. The van der Waals surface area contributed by atoms with Gasteiger partial charge in [0.15, 0.2) is 0 Å². The number of hydrogen-bond acceptors (Lipinski definition) is 8. The number of carboxylic acid groups (broad SMARTS) is 1. The number of aromatic hydroxyl groups is 1. The summed E-state index contributed by atoms with van der Waals surface area (Å²) < 4.78 is 0. The molecule has 214 valence electrons. The Hall–Kier alpha value is -3.58. The molecule has 0 radical (unpaired) electrons. The molecule has 39 heavy (non-hydrogen) atoms. The third kappa shape index (κ3) is 10.2. The van der Waals surface area contributed by atoms with Gasteiger partial charge in [0.2, 0.25) is 17.7 Å². The molecule has 8 N–H and O–H groups in total. The fourth-order valence-electron chi connectivity index (χ4n) is 3.79. The number of aromatic amines is 1. The number of nitrogens with one attached hydrogen (secondary N) is 4. The Balaban J connectivity index is 2.17. The number of thioether (sulfide) groups is 1. The lowest BCUT2D eigenvalue weighted by molar-refractivity contribution is -0.142. The predicted molar refractivity (Wildman–Crippen MR) is 148 cm³/mol. The van der Waals surface area contributed by atoms with E-state index in [1.165, 1.54) is 36.4 Å². The summed E-state index contributed by atoms with van der Waals surface area (Å²) in [7, 11) is 0. The number of nitrogens with two attached hydrogens (primary N) is 1. The van der Waals surface area contributed by atoms with Gasteiger partial charge in [-0.25, -0.2) is 9.78 Å². The fourth-order valence-corrected chi connectivity index (χ4v) is 4.26. The maximum atomic E-state index is 13.4. The first kappa shape index (κ1) is 31.6. The average Bonchev–Trinajstić information content (AvgIpc) is 3.42. The number of H-pyrrole nitrogens is 1. The van der Waals surface area contributed by atoms with Gasteiger partial charge in [0, 0.05) is 18.3 Å². The standard InChI is InChI=1S/C26H38N6O6S/c1-4-15(2)22(32-23(34)19(27)11-16-5-7-18(33)8-6-16)25(36)31-21(12-17-13-28-14-29-17)24(35)30-20(26(37)38)9-10-39-3/h5-8,13-15,19-22,33H,4,9-12,27H2,1-3H3,(H,28,29)(H,30,35)(H,31,36)(H,32,34)(H,37,38). The van der Waals surface area contributed by atoms with Crippen LogP contribution in [0.15, 0.2) is 36.8 Å². The van der Waals surface area contributed by atoms with Crippen LogP contribution in [-0.2, 0) is 32.0 Å². The molecule has 1 aromatic carbocycles. The van der Waals surface area contributed by atoms with Crippen LogP contribution in [-0.4, -0.2) is 80.0 Å². The second-order valence-electron chi connectivity index (χ2n) is 9.37. The topological polar surface area (TPSA) is 200 Å². The van der Waals surface area contributed by atoms with Crippen LogP contribution in [0.2, 0.25) is 0 Å². The van der Waals surface area contributed by atoms with Crippen molar-refractivity contribution in [3.05, 3.63) is 48.0 Å². The van der Waals surface area contributed by atoms with Crippen LogP contribution in [0, 0.1) is 5.92 Å². The van der Waals surface area contributed by atoms with Crippen molar-refractivity contribution in [1.29, 1.82) is 0 Å². The molecule has 5 atom stereocenters. The van der Waals surface area contributed by atoms with Crippen molar-refractivity contribution < 1.29 is 29.4 Å². The van der Waals surface area contributed by atoms with E-state index < -0.39 is 47.9 Å². The van der Waals surface area contributed by atoms with Crippen molar-refractivity contribution in [3.63, 3.8) is 0 Å². The third-order valence-corrected chi connectivity index (χ3v) is 7.00. The molecule has 13 heteroatoms. The van der Waals surface area contributed by atoms with E-state index in [0.717, 1.165) is 5.56 Å². The Morgan fingerprint density at radius 3 is 2.26 bits per heavy atom. The highest BCUT2D eigenvalue weighted by atomic mass is 32.2. The largest absolute Gasteiger partial charge is 0.508 e. The number of amides is 3. The molecule has 0 aliphatic rings. The number of phenols is 1. The molecular formula is C26H38N6O6S. The Kier molecular flexibility index (Phi) is 12.8. The summed E-state index contributed by atoms with van der Waals surface area (Å²) in [6.45, 7) is 3.66. The Labute approximate surface area is 231 Å². The number of aliphatic carboxylic acids is 1. The zero-order chi connectivity index (χ0) is 28.9. The summed E-state index contributed by atoms with van der Waals surface area (Å²) in [4.78, 5) is 58.0. The van der Waals surface area contributed by atoms with Crippen molar-refractivity contribution in [3.8, 4) is 5.75 Å². The van der Waals surface area contributed by atoms with E-state index in [2.05, 4.69) is 25.9 Å². The van der Waals surface area contributed by atoms with Gasteiger partial charge in [0.05, 0.1) is 12.4 Å². The summed E-state index contributed by atoms with van der Waals surface area (Å²) in [6, 6.07) is 2.12. The van der Waals surface area contributed by atoms with Crippen molar-refractivity contribution in [2.45, 2.75) is 63.7 Å². The molecule has 1 heterocycles. The van der Waals surface area contributed by atoms with E-state index in [1.807, 2.05) is 13.2 Å². The van der Waals surface area contributed by atoms with Crippen molar-refractivity contribution in [2.75, 3.05) is 12.0 Å². The molecule has 0 spiro atoms. The second kappa shape index (κ2) is 15.7. The minimum absolute atomic E-state index is 0.0357. The normalized spacial score (nSPS) is 14.9. The number of nitrogens with zero attached hydrogens (tertiary/aromatic N) is 1. The van der Waals surface area contributed by atoms with E-state index in [1.54, 1.807) is 19.1 Å². The number of imidazole rings is 1. The molecule has 2 aromatic rings. The number of aromatic nitrogens is 2. The van der Waals surface area contributed by atoms with Crippen LogP contribution in [0.25, 0.3) is 0 Å². The Morgan fingerprint density at radius 2 is 1.69 bits per heavy atom. The van der Waals surface area contributed by atoms with Gasteiger partial charge in [0.25, 0.3) is 0 Å². The molecule has 0 fully saturated rings. The fraction of sp³-hybridized carbons (Fsp3) is 0.500. The first-order chi connectivity index (χ1) is 18.5. The molecule has 0 aliphatic heterocycles. The molecular weight excluding hydrogens is 524 g/mol. The van der Waals surface area contributed by atoms with Crippen LogP contribution in [0.4, 0.5) is 0 Å². The van der Waals surface area contributed by atoms with Crippen LogP contribution >= 0.6 is 11.8 Å². The second-order valence-corrected chi connectivity index (χ2v) is 10.4. The van der Waals surface area contributed by atoms with Gasteiger partial charge in [-0.3, -0.25) is 14.4 Å². The van der Waals surface area contributed by atoms with Gasteiger partial charge in [-0.2, -0.15) is 11.8 Å². The van der Waals surface area contributed by atoms with E-state index in [4.69, 9.17) is 5.73 Å². The average molecular weight is 563 g/mol. The molecule has 0 bridgehead atoms. The minimum Gasteiger partial charge on any atom is -0.508 e. The predicted octanol–water partition coefficient (Wildman–Crippen LogP) is 0.566. The summed E-state index contributed by atoms with van der Waals surface area (Å²) >= 11 is 1.46. The number of carbonyl (C=O) groups is 4. The zero-order valence-electron chi connectivity index (χ0n) is 22.3. The van der Waals surface area contributed by atoms with E-state index in [0.29, 0.717) is 17.9 Å². The zero-order valence-corrected chi connectivity index (χ0v) is 23.2. The van der Waals surface area contributed by atoms with Crippen LogP contribution < -0.4 is 21.7 Å². The molecule has 3 amide bonds. The van der Waals surface area contributed by atoms with Crippen LogP contribution in [0.1, 0.15) is 37.9 Å². The summed E-state index contributed by atoms with van der Waals surface area (Å²) in [5.74, 6) is -2.63. The lowest BCUT2D eigenvalue weighted by atomic mass is 9.96. The van der Waals surface area contributed by atoms with E-state index >= 15 is 0 Å². The maximum absolute atomic E-state index is 13.4. The first-order valence-electron chi connectivity index (χ1n) is 12.7. The van der Waals surface area contributed by atoms with E-state index in [9.17, 15) is 29.4 Å². The molecule has 2 rings (SSSR count). The quantitative estimate of drug-likeness (QED) is 0.153. The number of carboxylic acids is 1. The smallest absolute Gasteiger partial charge is 0.326 e. The molecule has 0 saturated heterocycles. The van der Waals surface area contributed by atoms with Crippen molar-refractivity contribution in [2.24, 2.45) is 11.7 Å². The molecule has 0 saturated carbocycles. The number of carbonyl (C=O) groups excluding carboxylic acids is 3. The number of hydrogen-bond donors (Lipinski definition) is 7. The van der Waals surface area contributed by atoms with E-state index in [-0.39, 0.29) is 30.9 Å². The van der Waals surface area contributed by atoms with Gasteiger partial charge < -0.3 is 36.9 Å².